The van der Waals surface area contributed by atoms with Crippen LogP contribution in [0.3, 0.4) is 0 Å². The van der Waals surface area contributed by atoms with Crippen molar-refractivity contribution in [2.75, 3.05) is 7.05 Å². The summed E-state index contributed by atoms with van der Waals surface area (Å²) in [4.78, 5) is 13.0. The molecule has 0 saturated heterocycles. The second-order valence-electron chi connectivity index (χ2n) is 5.77. The minimum Gasteiger partial charge on any atom is -0.352 e. The topological polar surface area (TPSA) is 67.1 Å². The van der Waals surface area contributed by atoms with Crippen LogP contribution in [0.25, 0.3) is 5.82 Å². The third-order valence-electron chi connectivity index (χ3n) is 3.94. The van der Waals surface area contributed by atoms with E-state index >= 15 is 0 Å². The average molecular weight is 497 g/mol. The molecule has 0 aliphatic carbocycles. The Morgan fingerprint density at radius 1 is 1.04 bits per heavy atom. The lowest BCUT2D eigenvalue weighted by molar-refractivity contribution is 0.805. The fourth-order valence-corrected chi connectivity index (χ4v) is 2.60. The van der Waals surface area contributed by atoms with Crippen molar-refractivity contribution in [3.05, 3.63) is 77.0 Å². The van der Waals surface area contributed by atoms with E-state index in [1.54, 1.807) is 13.2 Å². The van der Waals surface area contributed by atoms with Crippen LogP contribution >= 0.6 is 35.6 Å². The highest BCUT2D eigenvalue weighted by Crippen LogP contribution is 2.10. The maximum absolute atomic E-state index is 5.90. The van der Waals surface area contributed by atoms with Crippen LogP contribution in [0, 0.1) is 6.92 Å². The molecule has 2 heterocycles. The third kappa shape index (κ3) is 5.93. The number of rotatable bonds is 5. The smallest absolute Gasteiger partial charge is 0.191 e. The zero-order chi connectivity index (χ0) is 18.4. The third-order valence-corrected chi connectivity index (χ3v) is 4.19. The summed E-state index contributed by atoms with van der Waals surface area (Å²) in [6.07, 6.45) is 5.52. The molecule has 6 nitrogen and oxygen atoms in total. The second kappa shape index (κ2) is 10.3. The van der Waals surface area contributed by atoms with Crippen molar-refractivity contribution in [3.8, 4) is 5.82 Å². The van der Waals surface area contributed by atoms with Crippen LogP contribution in [0.5, 0.6) is 0 Å². The normalized spacial score (nSPS) is 11.0. The number of pyridine rings is 1. The number of aryl methyl sites for hydroxylation is 1. The lowest BCUT2D eigenvalue weighted by atomic mass is 10.2. The molecule has 0 spiro atoms. The zero-order valence-electron chi connectivity index (χ0n) is 15.2. The lowest BCUT2D eigenvalue weighted by Crippen LogP contribution is -2.36. The molecule has 2 aromatic heterocycles. The molecule has 0 aliphatic heterocycles. The van der Waals surface area contributed by atoms with E-state index in [1.807, 2.05) is 60.3 Å². The molecule has 27 heavy (non-hydrogen) atoms. The van der Waals surface area contributed by atoms with Crippen molar-refractivity contribution in [1.82, 2.24) is 25.2 Å². The van der Waals surface area contributed by atoms with Gasteiger partial charge in [-0.25, -0.2) is 9.97 Å². The minimum absolute atomic E-state index is 0. The van der Waals surface area contributed by atoms with Gasteiger partial charge in [0.15, 0.2) is 5.96 Å². The van der Waals surface area contributed by atoms with Gasteiger partial charge in [0.05, 0.1) is 0 Å². The Morgan fingerprint density at radius 2 is 1.70 bits per heavy atom. The van der Waals surface area contributed by atoms with Gasteiger partial charge in [-0.05, 0) is 36.2 Å². The number of guanidine groups is 1. The Balaban J connectivity index is 0.00000261. The Labute approximate surface area is 181 Å². The molecule has 2 N–H and O–H groups in total. The van der Waals surface area contributed by atoms with E-state index in [0.717, 1.165) is 33.8 Å². The second-order valence-corrected chi connectivity index (χ2v) is 6.21. The van der Waals surface area contributed by atoms with E-state index in [9.17, 15) is 0 Å². The summed E-state index contributed by atoms with van der Waals surface area (Å²) in [6, 6.07) is 11.8. The Hall–Kier alpha value is -2.13. The summed E-state index contributed by atoms with van der Waals surface area (Å²) in [5.41, 5.74) is 2.21. The number of halogens is 2. The molecule has 0 aliphatic rings. The standard InChI is InChI=1S/C19H21ClN6.HI/c1-14-22-9-10-26(14)18-8-5-16(12-23-18)13-25-19(21-2)24-11-15-3-6-17(20)7-4-15;/h3-10,12H,11,13H2,1-2H3,(H2,21,24,25);1H. The van der Waals surface area contributed by atoms with Crippen LogP contribution < -0.4 is 10.6 Å². The van der Waals surface area contributed by atoms with Gasteiger partial charge in [0.2, 0.25) is 0 Å². The summed E-state index contributed by atoms with van der Waals surface area (Å²) < 4.78 is 1.95. The summed E-state index contributed by atoms with van der Waals surface area (Å²) >= 11 is 5.90. The molecular formula is C19H22ClIN6. The van der Waals surface area contributed by atoms with Gasteiger partial charge in [0, 0.05) is 43.8 Å². The van der Waals surface area contributed by atoms with Crippen molar-refractivity contribution >= 4 is 41.5 Å². The van der Waals surface area contributed by atoms with Gasteiger partial charge in [-0.15, -0.1) is 24.0 Å². The van der Waals surface area contributed by atoms with Crippen molar-refractivity contribution in [2.45, 2.75) is 20.0 Å². The molecule has 0 unspecified atom stereocenters. The average Bonchev–Trinajstić information content (AvgIpc) is 3.10. The molecule has 0 amide bonds. The maximum atomic E-state index is 5.90. The Kier molecular flexibility index (Phi) is 8.05. The van der Waals surface area contributed by atoms with Crippen molar-refractivity contribution in [3.63, 3.8) is 0 Å². The van der Waals surface area contributed by atoms with E-state index in [4.69, 9.17) is 11.6 Å². The highest BCUT2D eigenvalue weighted by atomic mass is 127. The molecule has 0 radical (unpaired) electrons. The number of nitrogens with zero attached hydrogens (tertiary/aromatic N) is 4. The number of hydrogen-bond donors (Lipinski definition) is 2. The van der Waals surface area contributed by atoms with Gasteiger partial charge >= 0.3 is 0 Å². The number of aliphatic imine (C=N–C) groups is 1. The lowest BCUT2D eigenvalue weighted by Gasteiger charge is -2.12. The quantitative estimate of drug-likeness (QED) is 0.321. The summed E-state index contributed by atoms with van der Waals surface area (Å²) in [5, 5.41) is 7.30. The first kappa shape index (κ1) is 21.2. The maximum Gasteiger partial charge on any atom is 0.191 e. The van der Waals surface area contributed by atoms with E-state index in [0.29, 0.717) is 13.1 Å². The van der Waals surface area contributed by atoms with Crippen LogP contribution in [0.4, 0.5) is 0 Å². The van der Waals surface area contributed by atoms with E-state index in [1.165, 1.54) is 0 Å². The van der Waals surface area contributed by atoms with E-state index in [2.05, 4.69) is 25.6 Å². The SMILES string of the molecule is CN=C(NCc1ccc(Cl)cc1)NCc1ccc(-n2ccnc2C)nc1.I. The molecule has 3 rings (SSSR count). The first-order valence-corrected chi connectivity index (χ1v) is 8.68. The molecule has 0 saturated carbocycles. The number of imidazole rings is 1. The van der Waals surface area contributed by atoms with Gasteiger partial charge < -0.3 is 10.6 Å². The van der Waals surface area contributed by atoms with Crippen molar-refractivity contribution < 1.29 is 0 Å². The molecular weight excluding hydrogens is 475 g/mol. The first-order chi connectivity index (χ1) is 12.7. The molecule has 0 fully saturated rings. The number of aromatic nitrogens is 3. The molecule has 0 atom stereocenters. The van der Waals surface area contributed by atoms with Crippen molar-refractivity contribution in [2.24, 2.45) is 4.99 Å². The molecule has 1 aromatic carbocycles. The van der Waals surface area contributed by atoms with Crippen LogP contribution in [0.2, 0.25) is 5.02 Å². The molecule has 8 heteroatoms. The number of hydrogen-bond acceptors (Lipinski definition) is 3. The van der Waals surface area contributed by atoms with Gasteiger partial charge in [0.25, 0.3) is 0 Å². The predicted octanol–water partition coefficient (Wildman–Crippen LogP) is 3.71. The number of benzene rings is 1. The molecule has 3 aromatic rings. The van der Waals surface area contributed by atoms with Crippen LogP contribution in [-0.2, 0) is 13.1 Å². The number of nitrogens with one attached hydrogen (secondary N) is 2. The molecule has 142 valence electrons. The summed E-state index contributed by atoms with van der Waals surface area (Å²) in [7, 11) is 1.75. The van der Waals surface area contributed by atoms with Gasteiger partial charge in [0.1, 0.15) is 11.6 Å². The Bertz CT molecular complexity index is 874. The van der Waals surface area contributed by atoms with Gasteiger partial charge in [-0.2, -0.15) is 0 Å². The van der Waals surface area contributed by atoms with Crippen LogP contribution in [-0.4, -0.2) is 27.5 Å². The van der Waals surface area contributed by atoms with E-state index in [-0.39, 0.29) is 24.0 Å². The van der Waals surface area contributed by atoms with Crippen molar-refractivity contribution in [1.29, 1.82) is 0 Å². The largest absolute Gasteiger partial charge is 0.352 e. The zero-order valence-corrected chi connectivity index (χ0v) is 18.3. The molecule has 0 bridgehead atoms. The monoisotopic (exact) mass is 496 g/mol. The predicted molar refractivity (Wildman–Crippen MR) is 120 cm³/mol. The fourth-order valence-electron chi connectivity index (χ4n) is 2.48. The summed E-state index contributed by atoms with van der Waals surface area (Å²) in [6.45, 7) is 3.26. The van der Waals surface area contributed by atoms with Gasteiger partial charge in [-0.3, -0.25) is 9.56 Å². The fraction of sp³-hybridized carbons (Fsp3) is 0.211. The summed E-state index contributed by atoms with van der Waals surface area (Å²) in [5.74, 6) is 2.50. The first-order valence-electron chi connectivity index (χ1n) is 8.30. The van der Waals surface area contributed by atoms with Gasteiger partial charge in [-0.1, -0.05) is 29.8 Å². The minimum atomic E-state index is 0. The Morgan fingerprint density at radius 3 is 2.26 bits per heavy atom. The van der Waals surface area contributed by atoms with Crippen LogP contribution in [0.15, 0.2) is 60.0 Å². The van der Waals surface area contributed by atoms with E-state index < -0.39 is 0 Å². The highest BCUT2D eigenvalue weighted by molar-refractivity contribution is 14.0. The van der Waals surface area contributed by atoms with Crippen LogP contribution in [0.1, 0.15) is 17.0 Å². The highest BCUT2D eigenvalue weighted by Gasteiger charge is 2.03.